The molecular weight excluding hydrogens is 178 g/mol. The van der Waals surface area contributed by atoms with E-state index in [1.807, 2.05) is 18.2 Å². The van der Waals surface area contributed by atoms with E-state index in [2.05, 4.69) is 0 Å². The summed E-state index contributed by atoms with van der Waals surface area (Å²) in [6.45, 7) is 1.75. The van der Waals surface area contributed by atoms with Crippen LogP contribution in [0.1, 0.15) is 11.1 Å². The minimum Gasteiger partial charge on any atom is -0.422 e. The third-order valence-electron chi connectivity index (χ3n) is 2.18. The van der Waals surface area contributed by atoms with Gasteiger partial charge in [0.05, 0.1) is 0 Å². The molecule has 3 nitrogen and oxygen atoms in total. The van der Waals surface area contributed by atoms with Crippen molar-refractivity contribution in [2.75, 3.05) is 0 Å². The molecule has 14 heavy (non-hydrogen) atoms. The fourth-order valence-corrected chi connectivity index (χ4v) is 1.43. The quantitative estimate of drug-likeness (QED) is 0.589. The number of para-hydroxylation sites is 1. The van der Waals surface area contributed by atoms with Crippen LogP contribution in [0.2, 0.25) is 0 Å². The molecule has 1 heterocycles. The van der Waals surface area contributed by atoms with E-state index in [1.165, 1.54) is 0 Å². The van der Waals surface area contributed by atoms with Crippen LogP contribution < -0.4 is 5.63 Å². The van der Waals surface area contributed by atoms with Gasteiger partial charge in [-0.2, -0.15) is 5.26 Å². The molecule has 0 saturated carbocycles. The van der Waals surface area contributed by atoms with E-state index in [0.717, 1.165) is 5.39 Å². The lowest BCUT2D eigenvalue weighted by atomic mass is 10.1. The molecule has 1 aromatic carbocycles. The highest BCUT2D eigenvalue weighted by molar-refractivity contribution is 5.81. The molecule has 0 atom stereocenters. The highest BCUT2D eigenvalue weighted by atomic mass is 16.4. The van der Waals surface area contributed by atoms with Gasteiger partial charge in [-0.25, -0.2) is 4.79 Å². The van der Waals surface area contributed by atoms with Crippen molar-refractivity contribution in [3.05, 3.63) is 45.8 Å². The van der Waals surface area contributed by atoms with Crippen LogP contribution in [-0.2, 0) is 0 Å². The Morgan fingerprint density at radius 2 is 2.07 bits per heavy atom. The van der Waals surface area contributed by atoms with Gasteiger partial charge in [-0.05, 0) is 18.6 Å². The van der Waals surface area contributed by atoms with Crippen molar-refractivity contribution >= 4 is 11.0 Å². The fourth-order valence-electron chi connectivity index (χ4n) is 1.43. The van der Waals surface area contributed by atoms with E-state index in [4.69, 9.17) is 9.68 Å². The second-order valence-electron chi connectivity index (χ2n) is 3.00. The molecule has 0 aliphatic heterocycles. The topological polar surface area (TPSA) is 54.0 Å². The van der Waals surface area contributed by atoms with E-state index in [9.17, 15) is 4.79 Å². The average molecular weight is 185 g/mol. The number of benzene rings is 1. The Morgan fingerprint density at radius 3 is 2.79 bits per heavy atom. The Balaban J connectivity index is 3.02. The molecule has 1 aromatic heterocycles. The van der Waals surface area contributed by atoms with Crippen molar-refractivity contribution in [2.45, 2.75) is 6.92 Å². The Hall–Kier alpha value is -2.08. The number of nitrogens with zero attached hydrogens (tertiary/aromatic N) is 1. The van der Waals surface area contributed by atoms with Crippen molar-refractivity contribution in [3.8, 4) is 6.07 Å². The summed E-state index contributed by atoms with van der Waals surface area (Å²) in [5, 5.41) is 9.56. The molecule has 2 rings (SSSR count). The van der Waals surface area contributed by atoms with Gasteiger partial charge in [0.25, 0.3) is 0 Å². The SMILES string of the molecule is Cc1c(C#N)c(=O)oc2ccccc12. The second-order valence-corrected chi connectivity index (χ2v) is 3.00. The van der Waals surface area contributed by atoms with Gasteiger partial charge in [0.2, 0.25) is 0 Å². The zero-order chi connectivity index (χ0) is 10.1. The van der Waals surface area contributed by atoms with E-state index < -0.39 is 5.63 Å². The average Bonchev–Trinajstić information content (AvgIpc) is 2.18. The first kappa shape index (κ1) is 8.52. The summed E-state index contributed by atoms with van der Waals surface area (Å²) < 4.78 is 4.99. The number of aryl methyl sites for hydroxylation is 1. The molecular formula is C11H7NO2. The van der Waals surface area contributed by atoms with Crippen molar-refractivity contribution in [2.24, 2.45) is 0 Å². The molecule has 0 fully saturated rings. The van der Waals surface area contributed by atoms with E-state index in [1.54, 1.807) is 19.1 Å². The molecule has 0 aliphatic rings. The monoisotopic (exact) mass is 185 g/mol. The third-order valence-corrected chi connectivity index (χ3v) is 2.18. The van der Waals surface area contributed by atoms with Gasteiger partial charge in [-0.3, -0.25) is 0 Å². The highest BCUT2D eigenvalue weighted by Crippen LogP contribution is 2.17. The molecule has 0 aliphatic carbocycles. The fraction of sp³-hybridized carbons (Fsp3) is 0.0909. The maximum atomic E-state index is 11.3. The molecule has 0 N–H and O–H groups in total. The number of hydrogen-bond donors (Lipinski definition) is 0. The van der Waals surface area contributed by atoms with Gasteiger partial charge < -0.3 is 4.42 Å². The molecule has 2 aromatic rings. The summed E-state index contributed by atoms with van der Waals surface area (Å²) in [4.78, 5) is 11.3. The lowest BCUT2D eigenvalue weighted by Gasteiger charge is -2.00. The number of nitriles is 1. The van der Waals surface area contributed by atoms with Crippen molar-refractivity contribution in [1.82, 2.24) is 0 Å². The molecule has 0 radical (unpaired) electrons. The summed E-state index contributed by atoms with van der Waals surface area (Å²) >= 11 is 0. The van der Waals surface area contributed by atoms with Crippen molar-refractivity contribution in [1.29, 1.82) is 5.26 Å². The molecule has 0 saturated heterocycles. The minimum absolute atomic E-state index is 0.0868. The summed E-state index contributed by atoms with van der Waals surface area (Å²) in [6, 6.07) is 9.02. The van der Waals surface area contributed by atoms with Crippen LogP contribution in [-0.4, -0.2) is 0 Å². The largest absolute Gasteiger partial charge is 0.422 e. The maximum Gasteiger partial charge on any atom is 0.354 e. The first-order chi connectivity index (χ1) is 6.74. The lowest BCUT2D eigenvalue weighted by Crippen LogP contribution is -2.06. The minimum atomic E-state index is -0.566. The van der Waals surface area contributed by atoms with Gasteiger partial charge in [-0.15, -0.1) is 0 Å². The smallest absolute Gasteiger partial charge is 0.354 e. The van der Waals surface area contributed by atoms with Gasteiger partial charge >= 0.3 is 5.63 Å². The standard InChI is InChI=1S/C11H7NO2/c1-7-8-4-2-3-5-10(8)14-11(13)9(7)6-12/h2-5H,1H3. The number of fused-ring (bicyclic) bond motifs is 1. The number of rotatable bonds is 0. The molecule has 0 spiro atoms. The molecule has 68 valence electrons. The van der Waals surface area contributed by atoms with Gasteiger partial charge in [0.15, 0.2) is 0 Å². The Labute approximate surface area is 80.2 Å². The van der Waals surface area contributed by atoms with Crippen LogP contribution in [0, 0.1) is 18.3 Å². The van der Waals surface area contributed by atoms with E-state index in [0.29, 0.717) is 11.1 Å². The second kappa shape index (κ2) is 3.00. The summed E-state index contributed by atoms with van der Waals surface area (Å²) in [7, 11) is 0. The predicted octanol–water partition coefficient (Wildman–Crippen LogP) is 1.97. The van der Waals surface area contributed by atoms with E-state index in [-0.39, 0.29) is 5.56 Å². The van der Waals surface area contributed by atoms with Crippen LogP contribution in [0.5, 0.6) is 0 Å². The van der Waals surface area contributed by atoms with Gasteiger partial charge in [0, 0.05) is 5.39 Å². The van der Waals surface area contributed by atoms with Crippen molar-refractivity contribution < 1.29 is 4.42 Å². The first-order valence-electron chi connectivity index (χ1n) is 4.16. The van der Waals surface area contributed by atoms with Gasteiger partial charge in [-0.1, -0.05) is 18.2 Å². The van der Waals surface area contributed by atoms with Crippen LogP contribution >= 0.6 is 0 Å². The van der Waals surface area contributed by atoms with E-state index >= 15 is 0 Å². The normalized spacial score (nSPS) is 10.0. The van der Waals surface area contributed by atoms with Crippen molar-refractivity contribution in [3.63, 3.8) is 0 Å². The molecule has 0 unspecified atom stereocenters. The highest BCUT2D eigenvalue weighted by Gasteiger charge is 2.09. The molecule has 0 amide bonds. The maximum absolute atomic E-state index is 11.3. The summed E-state index contributed by atoms with van der Waals surface area (Å²) in [5.74, 6) is 0. The zero-order valence-electron chi connectivity index (χ0n) is 7.57. The third kappa shape index (κ3) is 1.09. The summed E-state index contributed by atoms with van der Waals surface area (Å²) in [5.41, 5.74) is 0.723. The molecule has 3 heteroatoms. The lowest BCUT2D eigenvalue weighted by molar-refractivity contribution is 0.557. The van der Waals surface area contributed by atoms with Gasteiger partial charge in [0.1, 0.15) is 17.2 Å². The Bertz CT molecular complexity index is 590. The van der Waals surface area contributed by atoms with Crippen LogP contribution in [0.3, 0.4) is 0 Å². The summed E-state index contributed by atoms with van der Waals surface area (Å²) in [6.07, 6.45) is 0. The van der Waals surface area contributed by atoms with Crippen LogP contribution in [0.15, 0.2) is 33.5 Å². The molecule has 0 bridgehead atoms. The predicted molar refractivity (Wildman–Crippen MR) is 51.9 cm³/mol. The Kier molecular flexibility index (Phi) is 1.83. The Morgan fingerprint density at radius 1 is 1.36 bits per heavy atom. The van der Waals surface area contributed by atoms with Crippen LogP contribution in [0.4, 0.5) is 0 Å². The zero-order valence-corrected chi connectivity index (χ0v) is 7.57. The van der Waals surface area contributed by atoms with Crippen LogP contribution in [0.25, 0.3) is 11.0 Å². The first-order valence-corrected chi connectivity index (χ1v) is 4.16. The number of hydrogen-bond acceptors (Lipinski definition) is 3.